The molecule has 0 radical (unpaired) electrons. The normalized spacial score (nSPS) is 18.2. The Morgan fingerprint density at radius 3 is 2.48 bits per heavy atom. The summed E-state index contributed by atoms with van der Waals surface area (Å²) in [6.07, 6.45) is 1.76. The Hall–Kier alpha value is -1.89. The van der Waals surface area contributed by atoms with E-state index in [4.69, 9.17) is 4.74 Å². The van der Waals surface area contributed by atoms with Gasteiger partial charge >= 0.3 is 0 Å². The molecule has 0 bridgehead atoms. The van der Waals surface area contributed by atoms with Crippen LogP contribution in [0.15, 0.2) is 36.4 Å². The molecule has 0 atom stereocenters. The molecule has 1 spiro atoms. The number of halogens is 1. The second-order valence-electron chi connectivity index (χ2n) is 7.59. The summed E-state index contributed by atoms with van der Waals surface area (Å²) in [5, 5.41) is 0. The van der Waals surface area contributed by atoms with E-state index in [2.05, 4.69) is 22.6 Å². The van der Waals surface area contributed by atoms with Crippen LogP contribution in [0.2, 0.25) is 0 Å². The maximum Gasteiger partial charge on any atom is 0.254 e. The molecule has 5 heteroatoms. The third-order valence-corrected chi connectivity index (χ3v) is 6.71. The zero-order chi connectivity index (χ0) is 19.2. The highest BCUT2D eigenvalue weighted by Gasteiger charge is 2.44. The lowest BCUT2D eigenvalue weighted by atomic mass is 9.81. The van der Waals surface area contributed by atoms with Crippen molar-refractivity contribution in [2.24, 2.45) is 0 Å². The van der Waals surface area contributed by atoms with E-state index in [9.17, 15) is 9.59 Å². The van der Waals surface area contributed by atoms with Crippen molar-refractivity contribution in [2.45, 2.75) is 38.7 Å². The van der Waals surface area contributed by atoms with E-state index in [0.29, 0.717) is 43.7 Å². The number of benzene rings is 2. The average Bonchev–Trinajstić information content (AvgIpc) is 2.64. The molecule has 2 aliphatic rings. The Morgan fingerprint density at radius 1 is 1.11 bits per heavy atom. The van der Waals surface area contributed by atoms with Crippen molar-refractivity contribution in [3.63, 3.8) is 0 Å². The molecule has 0 saturated carbocycles. The SMILES string of the molecule is Cc1cc2c(cc1C)C(=O)CC1(CCN(C(=O)c3ccccc3I)CC1)O2. The average molecular weight is 475 g/mol. The Kier molecular flexibility index (Phi) is 4.74. The highest BCUT2D eigenvalue weighted by Crippen LogP contribution is 2.40. The van der Waals surface area contributed by atoms with E-state index in [1.165, 1.54) is 0 Å². The molecule has 2 aromatic rings. The molecule has 0 aromatic heterocycles. The van der Waals surface area contributed by atoms with Crippen LogP contribution in [0, 0.1) is 17.4 Å². The summed E-state index contributed by atoms with van der Waals surface area (Å²) in [4.78, 5) is 27.5. The van der Waals surface area contributed by atoms with E-state index in [-0.39, 0.29) is 11.7 Å². The minimum absolute atomic E-state index is 0.0591. The lowest BCUT2D eigenvalue weighted by molar-refractivity contribution is -0.00577. The van der Waals surface area contributed by atoms with E-state index in [0.717, 1.165) is 20.3 Å². The number of fused-ring (bicyclic) bond motifs is 1. The number of ketones is 1. The molecule has 4 rings (SSSR count). The molecule has 1 fully saturated rings. The van der Waals surface area contributed by atoms with Gasteiger partial charge in [0, 0.05) is 29.5 Å². The topological polar surface area (TPSA) is 46.6 Å². The number of aryl methyl sites for hydroxylation is 2. The number of nitrogens with zero attached hydrogens (tertiary/aromatic N) is 1. The van der Waals surface area contributed by atoms with E-state index in [1.54, 1.807) is 0 Å². The third kappa shape index (κ3) is 3.37. The van der Waals surface area contributed by atoms with Crippen LogP contribution in [-0.4, -0.2) is 35.3 Å². The largest absolute Gasteiger partial charge is 0.486 e. The van der Waals surface area contributed by atoms with Crippen molar-refractivity contribution >= 4 is 34.3 Å². The van der Waals surface area contributed by atoms with Crippen molar-refractivity contribution in [1.82, 2.24) is 4.90 Å². The molecule has 2 heterocycles. The van der Waals surface area contributed by atoms with Crippen molar-refractivity contribution in [1.29, 1.82) is 0 Å². The van der Waals surface area contributed by atoms with Crippen LogP contribution in [-0.2, 0) is 0 Å². The van der Waals surface area contributed by atoms with Crippen LogP contribution in [0.4, 0.5) is 0 Å². The van der Waals surface area contributed by atoms with Crippen LogP contribution in [0.25, 0.3) is 0 Å². The summed E-state index contributed by atoms with van der Waals surface area (Å²) in [6, 6.07) is 11.6. The van der Waals surface area contributed by atoms with Gasteiger partial charge in [-0.15, -0.1) is 0 Å². The first-order valence-electron chi connectivity index (χ1n) is 9.26. The number of carbonyl (C=O) groups excluding carboxylic acids is 2. The van der Waals surface area contributed by atoms with Gasteiger partial charge in [0.05, 0.1) is 17.5 Å². The zero-order valence-corrected chi connectivity index (χ0v) is 17.7. The molecule has 27 heavy (non-hydrogen) atoms. The summed E-state index contributed by atoms with van der Waals surface area (Å²) >= 11 is 2.20. The second-order valence-corrected chi connectivity index (χ2v) is 8.75. The van der Waals surface area contributed by atoms with Crippen LogP contribution >= 0.6 is 22.6 Å². The summed E-state index contributed by atoms with van der Waals surface area (Å²) < 4.78 is 7.33. The summed E-state index contributed by atoms with van der Waals surface area (Å²) in [7, 11) is 0. The lowest BCUT2D eigenvalue weighted by Gasteiger charge is -2.44. The lowest BCUT2D eigenvalue weighted by Crippen LogP contribution is -2.52. The van der Waals surface area contributed by atoms with Crippen LogP contribution in [0.1, 0.15) is 51.1 Å². The number of hydrogen-bond acceptors (Lipinski definition) is 3. The molecule has 2 aromatic carbocycles. The minimum Gasteiger partial charge on any atom is -0.486 e. The monoisotopic (exact) mass is 475 g/mol. The van der Waals surface area contributed by atoms with Crippen LogP contribution < -0.4 is 4.74 Å². The Bertz CT molecular complexity index is 929. The molecule has 4 nitrogen and oxygen atoms in total. The number of likely N-dealkylation sites (tertiary alicyclic amines) is 1. The molecular weight excluding hydrogens is 453 g/mol. The van der Waals surface area contributed by atoms with Gasteiger partial charge in [-0.05, 0) is 71.8 Å². The van der Waals surface area contributed by atoms with Gasteiger partial charge in [-0.2, -0.15) is 0 Å². The quantitative estimate of drug-likeness (QED) is 0.569. The van der Waals surface area contributed by atoms with Crippen molar-refractivity contribution in [2.75, 3.05) is 13.1 Å². The van der Waals surface area contributed by atoms with E-state index in [1.807, 2.05) is 55.1 Å². The van der Waals surface area contributed by atoms with E-state index < -0.39 is 5.60 Å². The fourth-order valence-electron chi connectivity index (χ4n) is 3.95. The first kappa shape index (κ1) is 18.5. The Balaban J connectivity index is 1.52. The van der Waals surface area contributed by atoms with Gasteiger partial charge in [0.1, 0.15) is 11.4 Å². The predicted molar refractivity (Wildman–Crippen MR) is 113 cm³/mol. The molecule has 140 valence electrons. The summed E-state index contributed by atoms with van der Waals surface area (Å²) in [6.45, 7) is 5.27. The first-order chi connectivity index (χ1) is 12.9. The highest BCUT2D eigenvalue weighted by molar-refractivity contribution is 14.1. The smallest absolute Gasteiger partial charge is 0.254 e. The second kappa shape index (κ2) is 6.93. The van der Waals surface area contributed by atoms with Gasteiger partial charge in [-0.25, -0.2) is 0 Å². The number of Topliss-reactive ketones (excluding diaryl/α,β-unsaturated/α-hetero) is 1. The molecule has 1 amide bonds. The first-order valence-corrected chi connectivity index (χ1v) is 10.3. The standard InChI is InChI=1S/C22H22INO3/c1-14-11-17-19(25)13-22(27-20(17)12-15(14)2)7-9-24(10-8-22)21(26)16-5-3-4-6-18(16)23/h3-6,11-12H,7-10,13H2,1-2H3. The number of hydrogen-bond donors (Lipinski definition) is 0. The molecule has 2 aliphatic heterocycles. The third-order valence-electron chi connectivity index (χ3n) is 5.77. The molecule has 0 aliphatic carbocycles. The highest BCUT2D eigenvalue weighted by atomic mass is 127. The van der Waals surface area contributed by atoms with Gasteiger partial charge in [-0.3, -0.25) is 9.59 Å². The molecule has 0 unspecified atom stereocenters. The number of carbonyl (C=O) groups is 2. The predicted octanol–water partition coefficient (Wildman–Crippen LogP) is 4.55. The maximum atomic E-state index is 12.8. The van der Waals surface area contributed by atoms with Gasteiger partial charge in [0.25, 0.3) is 5.91 Å². The van der Waals surface area contributed by atoms with Gasteiger partial charge in [0.2, 0.25) is 0 Å². The van der Waals surface area contributed by atoms with E-state index >= 15 is 0 Å². The van der Waals surface area contributed by atoms with Crippen molar-refractivity contribution in [3.05, 3.63) is 62.2 Å². The Morgan fingerprint density at radius 2 is 1.78 bits per heavy atom. The summed E-state index contributed by atoms with van der Waals surface area (Å²) in [5.41, 5.74) is 3.20. The molecular formula is C22H22INO3. The van der Waals surface area contributed by atoms with Gasteiger partial charge < -0.3 is 9.64 Å². The zero-order valence-electron chi connectivity index (χ0n) is 15.5. The fraction of sp³-hybridized carbons (Fsp3) is 0.364. The van der Waals surface area contributed by atoms with Crippen LogP contribution in [0.5, 0.6) is 5.75 Å². The number of rotatable bonds is 1. The fourth-order valence-corrected chi connectivity index (χ4v) is 4.57. The molecule has 0 N–H and O–H groups in total. The number of amides is 1. The van der Waals surface area contributed by atoms with Gasteiger partial charge in [0.15, 0.2) is 5.78 Å². The Labute approximate surface area is 173 Å². The van der Waals surface area contributed by atoms with Crippen LogP contribution in [0.3, 0.4) is 0 Å². The maximum absolute atomic E-state index is 12.8. The minimum atomic E-state index is -0.480. The molecule has 1 saturated heterocycles. The summed E-state index contributed by atoms with van der Waals surface area (Å²) in [5.74, 6) is 0.910. The van der Waals surface area contributed by atoms with Gasteiger partial charge in [-0.1, -0.05) is 12.1 Å². The number of piperidine rings is 1. The van der Waals surface area contributed by atoms with Crippen molar-refractivity contribution in [3.8, 4) is 5.75 Å². The van der Waals surface area contributed by atoms with Crippen molar-refractivity contribution < 1.29 is 14.3 Å². The number of ether oxygens (including phenoxy) is 1.